The molecule has 2 amide bonds. The first-order chi connectivity index (χ1) is 13.7. The number of nitrogens with zero attached hydrogens (tertiary/aromatic N) is 4. The molecule has 2 aliphatic rings. The lowest BCUT2D eigenvalue weighted by Gasteiger charge is -2.34. The van der Waals surface area contributed by atoms with Gasteiger partial charge in [-0.2, -0.15) is 0 Å². The molecule has 2 fully saturated rings. The molecule has 9 nitrogen and oxygen atoms in total. The Morgan fingerprint density at radius 3 is 2.46 bits per heavy atom. The standard InChI is InChI=1S/C19H23N5O4/c25-18(15-5-6-17(22-21-15)20-13-14-3-1-11-27-14)23-7-9-24(10-8-23)19(26)16-4-2-12-28-16/h2,4-6,12,14H,1,3,7-11,13H2,(H,20,22). The van der Waals surface area contributed by atoms with Gasteiger partial charge in [-0.15, -0.1) is 10.2 Å². The molecule has 0 aliphatic carbocycles. The van der Waals surface area contributed by atoms with Crippen molar-refractivity contribution in [2.45, 2.75) is 18.9 Å². The molecule has 1 unspecified atom stereocenters. The SMILES string of the molecule is O=C(c1ccc(NCC2CCCO2)nn1)N1CCN(C(=O)c2ccco2)CC1. The summed E-state index contributed by atoms with van der Waals surface area (Å²) >= 11 is 0. The minimum atomic E-state index is -0.178. The number of amides is 2. The fraction of sp³-hybridized carbons (Fsp3) is 0.474. The van der Waals surface area contributed by atoms with Crippen molar-refractivity contribution in [3.8, 4) is 0 Å². The zero-order chi connectivity index (χ0) is 19.3. The van der Waals surface area contributed by atoms with Gasteiger partial charge in [0.05, 0.1) is 12.4 Å². The molecule has 0 aromatic carbocycles. The quantitative estimate of drug-likeness (QED) is 0.827. The highest BCUT2D eigenvalue weighted by atomic mass is 16.5. The van der Waals surface area contributed by atoms with Crippen LogP contribution < -0.4 is 5.32 Å². The monoisotopic (exact) mass is 385 g/mol. The molecule has 2 saturated heterocycles. The Morgan fingerprint density at radius 2 is 1.86 bits per heavy atom. The highest BCUT2D eigenvalue weighted by Crippen LogP contribution is 2.14. The van der Waals surface area contributed by atoms with Crippen molar-refractivity contribution < 1.29 is 18.7 Å². The van der Waals surface area contributed by atoms with Crippen LogP contribution in [0.25, 0.3) is 0 Å². The third-order valence-corrected chi connectivity index (χ3v) is 5.00. The molecule has 4 heterocycles. The topological polar surface area (TPSA) is 101 Å². The van der Waals surface area contributed by atoms with Gasteiger partial charge in [0.25, 0.3) is 11.8 Å². The van der Waals surface area contributed by atoms with Gasteiger partial charge in [-0.1, -0.05) is 0 Å². The molecule has 0 bridgehead atoms. The number of hydrogen-bond acceptors (Lipinski definition) is 7. The van der Waals surface area contributed by atoms with Crippen molar-refractivity contribution >= 4 is 17.6 Å². The van der Waals surface area contributed by atoms with Gasteiger partial charge in [0.2, 0.25) is 0 Å². The maximum atomic E-state index is 12.6. The van der Waals surface area contributed by atoms with Gasteiger partial charge in [0.1, 0.15) is 5.82 Å². The third-order valence-electron chi connectivity index (χ3n) is 5.00. The Bertz CT molecular complexity index is 794. The van der Waals surface area contributed by atoms with Gasteiger partial charge < -0.3 is 24.3 Å². The number of carbonyl (C=O) groups is 2. The zero-order valence-corrected chi connectivity index (χ0v) is 15.5. The van der Waals surface area contributed by atoms with Crippen molar-refractivity contribution in [2.75, 3.05) is 44.6 Å². The lowest BCUT2D eigenvalue weighted by Crippen LogP contribution is -2.50. The van der Waals surface area contributed by atoms with Crippen molar-refractivity contribution in [3.63, 3.8) is 0 Å². The maximum Gasteiger partial charge on any atom is 0.289 e. The summed E-state index contributed by atoms with van der Waals surface area (Å²) in [6.07, 6.45) is 3.82. The smallest absolute Gasteiger partial charge is 0.289 e. The second-order valence-corrected chi connectivity index (χ2v) is 6.88. The first-order valence-electron chi connectivity index (χ1n) is 9.52. The first kappa shape index (κ1) is 18.4. The van der Waals surface area contributed by atoms with Crippen molar-refractivity contribution in [1.82, 2.24) is 20.0 Å². The minimum Gasteiger partial charge on any atom is -0.459 e. The highest BCUT2D eigenvalue weighted by molar-refractivity contribution is 5.93. The molecule has 1 N–H and O–H groups in total. The Morgan fingerprint density at radius 1 is 1.07 bits per heavy atom. The van der Waals surface area contributed by atoms with E-state index in [2.05, 4.69) is 15.5 Å². The Kier molecular flexibility index (Phi) is 5.52. The molecule has 28 heavy (non-hydrogen) atoms. The number of rotatable bonds is 5. The van der Waals surface area contributed by atoms with Crippen LogP contribution in [-0.4, -0.2) is 77.2 Å². The third kappa shape index (κ3) is 4.14. The van der Waals surface area contributed by atoms with Crippen LogP contribution in [0.4, 0.5) is 5.82 Å². The average molecular weight is 385 g/mol. The van der Waals surface area contributed by atoms with Crippen LogP contribution in [0.5, 0.6) is 0 Å². The van der Waals surface area contributed by atoms with Gasteiger partial charge in [-0.25, -0.2) is 0 Å². The number of ether oxygens (including phenoxy) is 1. The van der Waals surface area contributed by atoms with Crippen LogP contribution >= 0.6 is 0 Å². The fourth-order valence-electron chi connectivity index (χ4n) is 3.40. The fourth-order valence-corrected chi connectivity index (χ4v) is 3.40. The molecule has 2 aromatic rings. The van der Waals surface area contributed by atoms with E-state index in [0.717, 1.165) is 19.4 Å². The summed E-state index contributed by atoms with van der Waals surface area (Å²) in [4.78, 5) is 28.3. The summed E-state index contributed by atoms with van der Waals surface area (Å²) in [6.45, 7) is 3.32. The molecular formula is C19H23N5O4. The number of nitrogens with one attached hydrogen (secondary N) is 1. The van der Waals surface area contributed by atoms with Crippen LogP contribution in [0.15, 0.2) is 34.9 Å². The predicted octanol–water partition coefficient (Wildman–Crippen LogP) is 1.26. The summed E-state index contributed by atoms with van der Waals surface area (Å²) < 4.78 is 10.7. The van der Waals surface area contributed by atoms with Gasteiger partial charge in [0.15, 0.2) is 11.5 Å². The zero-order valence-electron chi connectivity index (χ0n) is 15.5. The number of aromatic nitrogens is 2. The molecule has 2 aromatic heterocycles. The molecule has 4 rings (SSSR count). The van der Waals surface area contributed by atoms with Gasteiger partial charge >= 0.3 is 0 Å². The molecule has 0 spiro atoms. The molecular weight excluding hydrogens is 362 g/mol. The summed E-state index contributed by atoms with van der Waals surface area (Å²) in [6, 6.07) is 6.76. The van der Waals surface area contributed by atoms with Crippen LogP contribution in [-0.2, 0) is 4.74 Å². The molecule has 0 radical (unpaired) electrons. The Labute approximate surface area is 162 Å². The van der Waals surface area contributed by atoms with Crippen LogP contribution in [0.1, 0.15) is 33.9 Å². The second-order valence-electron chi connectivity index (χ2n) is 6.88. The van der Waals surface area contributed by atoms with Crippen molar-refractivity contribution in [2.24, 2.45) is 0 Å². The molecule has 9 heteroatoms. The molecule has 1 atom stereocenters. The number of hydrogen-bond donors (Lipinski definition) is 1. The van der Waals surface area contributed by atoms with E-state index in [0.29, 0.717) is 50.0 Å². The Hall–Kier alpha value is -2.94. The van der Waals surface area contributed by atoms with Crippen LogP contribution in [0, 0.1) is 0 Å². The number of carbonyl (C=O) groups excluding carboxylic acids is 2. The maximum absolute atomic E-state index is 12.6. The van der Waals surface area contributed by atoms with Crippen molar-refractivity contribution in [3.05, 3.63) is 42.0 Å². The number of furan rings is 1. The number of anilines is 1. The van der Waals surface area contributed by atoms with E-state index in [1.54, 1.807) is 34.1 Å². The summed E-state index contributed by atoms with van der Waals surface area (Å²) in [5.41, 5.74) is 0.300. The second kappa shape index (κ2) is 8.39. The lowest BCUT2D eigenvalue weighted by atomic mass is 10.2. The highest BCUT2D eigenvalue weighted by Gasteiger charge is 2.27. The van der Waals surface area contributed by atoms with E-state index < -0.39 is 0 Å². The molecule has 0 saturated carbocycles. The lowest BCUT2D eigenvalue weighted by molar-refractivity contribution is 0.0514. The van der Waals surface area contributed by atoms with E-state index in [1.165, 1.54) is 6.26 Å². The summed E-state index contributed by atoms with van der Waals surface area (Å²) in [5, 5.41) is 11.3. The van der Waals surface area contributed by atoms with E-state index in [-0.39, 0.29) is 17.9 Å². The summed E-state index contributed by atoms with van der Waals surface area (Å²) in [5.74, 6) is 0.611. The summed E-state index contributed by atoms with van der Waals surface area (Å²) in [7, 11) is 0. The van der Waals surface area contributed by atoms with Gasteiger partial charge in [0, 0.05) is 39.3 Å². The van der Waals surface area contributed by atoms with Crippen molar-refractivity contribution in [1.29, 1.82) is 0 Å². The normalized spacial score (nSPS) is 19.6. The van der Waals surface area contributed by atoms with E-state index in [4.69, 9.17) is 9.15 Å². The Balaban J connectivity index is 1.28. The minimum absolute atomic E-state index is 0.154. The van der Waals surface area contributed by atoms with Gasteiger partial charge in [-0.05, 0) is 37.1 Å². The largest absolute Gasteiger partial charge is 0.459 e. The average Bonchev–Trinajstić information content (AvgIpc) is 3.46. The van der Waals surface area contributed by atoms with Gasteiger partial charge in [-0.3, -0.25) is 9.59 Å². The molecule has 148 valence electrons. The predicted molar refractivity (Wildman–Crippen MR) is 100 cm³/mol. The van der Waals surface area contributed by atoms with E-state index in [9.17, 15) is 9.59 Å². The van der Waals surface area contributed by atoms with Crippen LogP contribution in [0.2, 0.25) is 0 Å². The van der Waals surface area contributed by atoms with E-state index >= 15 is 0 Å². The van der Waals surface area contributed by atoms with Crippen LogP contribution in [0.3, 0.4) is 0 Å². The molecule has 2 aliphatic heterocycles. The van der Waals surface area contributed by atoms with E-state index in [1.807, 2.05) is 0 Å². The number of piperazine rings is 1. The first-order valence-corrected chi connectivity index (χ1v) is 9.52.